The summed E-state index contributed by atoms with van der Waals surface area (Å²) in [5.41, 5.74) is 6.67. The van der Waals surface area contributed by atoms with Crippen molar-refractivity contribution in [3.8, 4) is 0 Å². The van der Waals surface area contributed by atoms with Crippen molar-refractivity contribution < 1.29 is 9.53 Å². The summed E-state index contributed by atoms with van der Waals surface area (Å²) in [6.07, 6.45) is 0. The number of hydrogen-bond donors (Lipinski definition) is 1. The predicted molar refractivity (Wildman–Crippen MR) is 48.4 cm³/mol. The first-order valence-corrected chi connectivity index (χ1v) is 4.14. The highest BCUT2D eigenvalue weighted by atomic mass is 16.5. The van der Waals surface area contributed by atoms with Gasteiger partial charge in [0.2, 0.25) is 0 Å². The Balaban J connectivity index is 4.55. The first-order valence-electron chi connectivity index (χ1n) is 4.14. The van der Waals surface area contributed by atoms with Crippen molar-refractivity contribution in [1.29, 1.82) is 0 Å². The van der Waals surface area contributed by atoms with Crippen molar-refractivity contribution in [2.75, 3.05) is 6.61 Å². The number of carbonyl (C=O) groups excluding carboxylic acids is 1. The fourth-order valence-corrected chi connectivity index (χ4v) is 1.06. The Bertz CT molecular complexity index is 191. The van der Waals surface area contributed by atoms with Crippen LogP contribution in [0.15, 0.2) is 11.3 Å². The Morgan fingerprint density at radius 1 is 1.50 bits per heavy atom. The zero-order chi connectivity index (χ0) is 9.72. The van der Waals surface area contributed by atoms with Crippen molar-refractivity contribution in [3.05, 3.63) is 11.3 Å². The van der Waals surface area contributed by atoms with E-state index < -0.39 is 0 Å². The van der Waals surface area contributed by atoms with Gasteiger partial charge in [-0.15, -0.1) is 0 Å². The second kappa shape index (κ2) is 4.80. The Kier molecular flexibility index (Phi) is 4.40. The van der Waals surface area contributed by atoms with Gasteiger partial charge in [0.1, 0.15) is 0 Å². The molecule has 0 saturated heterocycles. The first-order chi connectivity index (χ1) is 5.50. The van der Waals surface area contributed by atoms with Crippen LogP contribution in [0, 0.1) is 5.92 Å². The van der Waals surface area contributed by atoms with E-state index in [0.29, 0.717) is 17.9 Å². The van der Waals surface area contributed by atoms with E-state index in [2.05, 4.69) is 0 Å². The molecule has 70 valence electrons. The Morgan fingerprint density at radius 2 is 2.00 bits per heavy atom. The van der Waals surface area contributed by atoms with Crippen LogP contribution in [0.5, 0.6) is 0 Å². The molecule has 0 atom stereocenters. The van der Waals surface area contributed by atoms with Gasteiger partial charge in [-0.1, -0.05) is 13.8 Å². The SMILES string of the molecule is CCOC(=O)C(=C(C)N)C(C)C. The molecule has 3 nitrogen and oxygen atoms in total. The molecule has 0 aromatic rings. The number of ether oxygens (including phenoxy) is 1. The molecule has 0 amide bonds. The molecule has 0 heterocycles. The normalized spacial score (nSPS) is 12.8. The summed E-state index contributed by atoms with van der Waals surface area (Å²) < 4.78 is 4.85. The molecular weight excluding hydrogens is 154 g/mol. The molecule has 0 saturated carbocycles. The molecule has 0 aromatic carbocycles. The minimum atomic E-state index is -0.299. The minimum Gasteiger partial charge on any atom is -0.463 e. The van der Waals surface area contributed by atoms with Crippen LogP contribution in [0.2, 0.25) is 0 Å². The summed E-state index contributed by atoms with van der Waals surface area (Å²) in [6.45, 7) is 7.72. The minimum absolute atomic E-state index is 0.119. The van der Waals surface area contributed by atoms with Gasteiger partial charge >= 0.3 is 5.97 Å². The summed E-state index contributed by atoms with van der Waals surface area (Å²) in [6, 6.07) is 0. The topological polar surface area (TPSA) is 52.3 Å². The van der Waals surface area contributed by atoms with Crippen LogP contribution in [0.4, 0.5) is 0 Å². The molecule has 0 aliphatic rings. The van der Waals surface area contributed by atoms with E-state index in [1.807, 2.05) is 13.8 Å². The van der Waals surface area contributed by atoms with Crippen molar-refractivity contribution >= 4 is 5.97 Å². The molecule has 12 heavy (non-hydrogen) atoms. The van der Waals surface area contributed by atoms with Gasteiger partial charge in [0.15, 0.2) is 0 Å². The van der Waals surface area contributed by atoms with E-state index in [0.717, 1.165) is 0 Å². The third-order valence-corrected chi connectivity index (χ3v) is 1.50. The van der Waals surface area contributed by atoms with Gasteiger partial charge in [-0.3, -0.25) is 0 Å². The van der Waals surface area contributed by atoms with Gasteiger partial charge < -0.3 is 10.5 Å². The fourth-order valence-electron chi connectivity index (χ4n) is 1.06. The lowest BCUT2D eigenvalue weighted by atomic mass is 10.0. The molecule has 0 fully saturated rings. The number of nitrogens with two attached hydrogens (primary N) is 1. The van der Waals surface area contributed by atoms with Crippen LogP contribution < -0.4 is 5.73 Å². The first kappa shape index (κ1) is 11.0. The van der Waals surface area contributed by atoms with Crippen LogP contribution in [-0.4, -0.2) is 12.6 Å². The molecular formula is C9H17NO2. The second-order valence-corrected chi connectivity index (χ2v) is 2.97. The quantitative estimate of drug-likeness (QED) is 0.516. The van der Waals surface area contributed by atoms with Gasteiger partial charge in [-0.05, 0) is 19.8 Å². The maximum atomic E-state index is 11.3. The number of rotatable bonds is 3. The van der Waals surface area contributed by atoms with Crippen molar-refractivity contribution in [3.63, 3.8) is 0 Å². The summed E-state index contributed by atoms with van der Waals surface area (Å²) >= 11 is 0. The van der Waals surface area contributed by atoms with Crippen molar-refractivity contribution in [2.45, 2.75) is 27.7 Å². The van der Waals surface area contributed by atoms with Crippen LogP contribution in [0.25, 0.3) is 0 Å². The maximum absolute atomic E-state index is 11.3. The lowest BCUT2D eigenvalue weighted by molar-refractivity contribution is -0.139. The average molecular weight is 171 g/mol. The molecule has 3 heteroatoms. The van der Waals surface area contributed by atoms with E-state index >= 15 is 0 Å². The zero-order valence-corrected chi connectivity index (χ0v) is 8.18. The van der Waals surface area contributed by atoms with Gasteiger partial charge in [0, 0.05) is 5.70 Å². The Hall–Kier alpha value is -0.990. The molecule has 0 aliphatic heterocycles. The van der Waals surface area contributed by atoms with E-state index in [9.17, 15) is 4.79 Å². The highest BCUT2D eigenvalue weighted by Gasteiger charge is 2.16. The molecule has 2 N–H and O–H groups in total. The van der Waals surface area contributed by atoms with Gasteiger partial charge in [0.05, 0.1) is 12.2 Å². The van der Waals surface area contributed by atoms with Crippen LogP contribution in [0.1, 0.15) is 27.7 Å². The summed E-state index contributed by atoms with van der Waals surface area (Å²) in [4.78, 5) is 11.3. The van der Waals surface area contributed by atoms with Crippen LogP contribution in [0.3, 0.4) is 0 Å². The lowest BCUT2D eigenvalue weighted by Crippen LogP contribution is -2.16. The lowest BCUT2D eigenvalue weighted by Gasteiger charge is -2.11. The van der Waals surface area contributed by atoms with Crippen LogP contribution >= 0.6 is 0 Å². The van der Waals surface area contributed by atoms with Gasteiger partial charge in [-0.2, -0.15) is 0 Å². The monoisotopic (exact) mass is 171 g/mol. The third kappa shape index (κ3) is 2.95. The van der Waals surface area contributed by atoms with E-state index in [4.69, 9.17) is 10.5 Å². The van der Waals surface area contributed by atoms with E-state index in [1.165, 1.54) is 0 Å². The average Bonchev–Trinajstić information content (AvgIpc) is 1.85. The highest BCUT2D eigenvalue weighted by molar-refractivity contribution is 5.89. The molecule has 0 rings (SSSR count). The zero-order valence-electron chi connectivity index (χ0n) is 8.18. The molecule has 0 aromatic heterocycles. The summed E-state index contributed by atoms with van der Waals surface area (Å²) in [7, 11) is 0. The van der Waals surface area contributed by atoms with Crippen molar-refractivity contribution in [2.24, 2.45) is 11.7 Å². The molecule has 0 aliphatic carbocycles. The predicted octanol–water partition coefficient (Wildman–Crippen LogP) is 1.44. The number of esters is 1. The van der Waals surface area contributed by atoms with Crippen LogP contribution in [-0.2, 0) is 9.53 Å². The van der Waals surface area contributed by atoms with E-state index in [1.54, 1.807) is 13.8 Å². The molecule has 0 bridgehead atoms. The number of carbonyl (C=O) groups is 1. The molecule has 0 radical (unpaired) electrons. The molecule has 0 unspecified atom stereocenters. The highest BCUT2D eigenvalue weighted by Crippen LogP contribution is 2.13. The van der Waals surface area contributed by atoms with Crippen molar-refractivity contribution in [1.82, 2.24) is 0 Å². The second-order valence-electron chi connectivity index (χ2n) is 2.97. The molecule has 0 spiro atoms. The largest absolute Gasteiger partial charge is 0.463 e. The number of hydrogen-bond acceptors (Lipinski definition) is 3. The number of allylic oxidation sites excluding steroid dienone is 1. The van der Waals surface area contributed by atoms with Gasteiger partial charge in [0.25, 0.3) is 0 Å². The standard InChI is InChI=1S/C9H17NO2/c1-5-12-9(11)8(6(2)3)7(4)10/h6H,5,10H2,1-4H3. The summed E-state index contributed by atoms with van der Waals surface area (Å²) in [5, 5.41) is 0. The third-order valence-electron chi connectivity index (χ3n) is 1.50. The van der Waals surface area contributed by atoms with Gasteiger partial charge in [-0.25, -0.2) is 4.79 Å². The maximum Gasteiger partial charge on any atom is 0.335 e. The smallest absolute Gasteiger partial charge is 0.335 e. The Morgan fingerprint density at radius 3 is 2.25 bits per heavy atom. The Labute approximate surface area is 73.6 Å². The fraction of sp³-hybridized carbons (Fsp3) is 0.667. The summed E-state index contributed by atoms with van der Waals surface area (Å²) in [5.74, 6) is -0.179. The van der Waals surface area contributed by atoms with E-state index in [-0.39, 0.29) is 11.9 Å².